The van der Waals surface area contributed by atoms with Crippen LogP contribution in [-0.2, 0) is 6.42 Å². The molecule has 3 rings (SSSR count). The summed E-state index contributed by atoms with van der Waals surface area (Å²) in [5.74, 6) is 0. The molecule has 1 saturated heterocycles. The quantitative estimate of drug-likeness (QED) is 0.750. The van der Waals surface area contributed by atoms with Gasteiger partial charge in [-0.15, -0.1) is 0 Å². The van der Waals surface area contributed by atoms with E-state index in [0.717, 1.165) is 13.1 Å². The molecule has 1 fully saturated rings. The Morgan fingerprint density at radius 2 is 1.55 bits per heavy atom. The van der Waals surface area contributed by atoms with Crippen LogP contribution < -0.4 is 4.90 Å². The molecule has 2 aromatic rings. The van der Waals surface area contributed by atoms with E-state index < -0.39 is 0 Å². The van der Waals surface area contributed by atoms with Gasteiger partial charge < -0.3 is 4.90 Å². The van der Waals surface area contributed by atoms with Crippen LogP contribution in [-0.4, -0.2) is 37.6 Å². The highest BCUT2D eigenvalue weighted by Crippen LogP contribution is 2.15. The molecule has 0 N–H and O–H groups in total. The van der Waals surface area contributed by atoms with Crippen LogP contribution in [0.4, 0.5) is 5.69 Å². The SMILES string of the molecule is [c]1ccc(N2CCN(CCCCc3ccccc3)CC2)cc1. The number of unbranched alkanes of at least 4 members (excludes halogenated alkanes) is 1. The maximum atomic E-state index is 3.09. The Kier molecular flexibility index (Phi) is 5.49. The molecule has 0 bridgehead atoms. The molecule has 0 aliphatic carbocycles. The van der Waals surface area contributed by atoms with Crippen LogP contribution in [0.1, 0.15) is 18.4 Å². The fourth-order valence-electron chi connectivity index (χ4n) is 3.13. The summed E-state index contributed by atoms with van der Waals surface area (Å²) < 4.78 is 0. The third kappa shape index (κ3) is 4.35. The smallest absolute Gasteiger partial charge is 0.0367 e. The van der Waals surface area contributed by atoms with Crippen molar-refractivity contribution in [1.82, 2.24) is 4.90 Å². The molecule has 115 valence electrons. The van der Waals surface area contributed by atoms with Crippen molar-refractivity contribution in [1.29, 1.82) is 0 Å². The normalized spacial score (nSPS) is 15.9. The summed E-state index contributed by atoms with van der Waals surface area (Å²) in [5.41, 5.74) is 2.80. The number of piperazine rings is 1. The van der Waals surface area contributed by atoms with Crippen LogP contribution in [0.15, 0.2) is 54.6 Å². The number of anilines is 1. The number of nitrogens with zero attached hydrogens (tertiary/aromatic N) is 2. The van der Waals surface area contributed by atoms with Crippen LogP contribution in [0, 0.1) is 6.07 Å². The van der Waals surface area contributed by atoms with Gasteiger partial charge in [0, 0.05) is 31.9 Å². The molecule has 1 radical (unpaired) electrons. The number of benzene rings is 2. The van der Waals surface area contributed by atoms with Gasteiger partial charge in [-0.3, -0.25) is 4.90 Å². The minimum atomic E-state index is 1.14. The van der Waals surface area contributed by atoms with Crippen molar-refractivity contribution in [3.8, 4) is 0 Å². The molecule has 0 unspecified atom stereocenters. The Morgan fingerprint density at radius 3 is 2.27 bits per heavy atom. The summed E-state index contributed by atoms with van der Waals surface area (Å²) in [7, 11) is 0. The zero-order valence-corrected chi connectivity index (χ0v) is 13.2. The van der Waals surface area contributed by atoms with E-state index in [0.29, 0.717) is 0 Å². The molecule has 0 atom stereocenters. The first-order chi connectivity index (χ1) is 10.9. The van der Waals surface area contributed by atoms with Gasteiger partial charge in [-0.2, -0.15) is 0 Å². The Morgan fingerprint density at radius 1 is 0.818 bits per heavy atom. The second kappa shape index (κ2) is 8.00. The molecule has 0 saturated carbocycles. The van der Waals surface area contributed by atoms with Crippen molar-refractivity contribution in [2.45, 2.75) is 19.3 Å². The lowest BCUT2D eigenvalue weighted by atomic mass is 10.1. The van der Waals surface area contributed by atoms with Crippen molar-refractivity contribution in [3.05, 3.63) is 66.2 Å². The van der Waals surface area contributed by atoms with E-state index in [9.17, 15) is 0 Å². The predicted octanol–water partition coefficient (Wildman–Crippen LogP) is 3.63. The lowest BCUT2D eigenvalue weighted by Crippen LogP contribution is -2.46. The van der Waals surface area contributed by atoms with Crippen molar-refractivity contribution >= 4 is 5.69 Å². The molecule has 2 aromatic carbocycles. The second-order valence-corrected chi connectivity index (χ2v) is 6.03. The van der Waals surface area contributed by atoms with Gasteiger partial charge in [0.1, 0.15) is 0 Å². The van der Waals surface area contributed by atoms with E-state index in [2.05, 4.69) is 58.3 Å². The largest absolute Gasteiger partial charge is 0.369 e. The zero-order chi connectivity index (χ0) is 15.0. The van der Waals surface area contributed by atoms with E-state index >= 15 is 0 Å². The molecule has 2 heteroatoms. The van der Waals surface area contributed by atoms with Crippen molar-refractivity contribution in [2.24, 2.45) is 0 Å². The predicted molar refractivity (Wildman–Crippen MR) is 93.3 cm³/mol. The molecule has 2 nitrogen and oxygen atoms in total. The Hall–Kier alpha value is -1.80. The van der Waals surface area contributed by atoms with E-state index in [4.69, 9.17) is 0 Å². The topological polar surface area (TPSA) is 6.48 Å². The molecule has 0 spiro atoms. The van der Waals surface area contributed by atoms with E-state index in [-0.39, 0.29) is 0 Å². The second-order valence-electron chi connectivity index (χ2n) is 6.03. The van der Waals surface area contributed by atoms with Crippen LogP contribution in [0.3, 0.4) is 0 Å². The first kappa shape index (κ1) is 15.1. The first-order valence-electron chi connectivity index (χ1n) is 8.39. The van der Waals surface area contributed by atoms with Crippen LogP contribution in [0.5, 0.6) is 0 Å². The molecule has 22 heavy (non-hydrogen) atoms. The van der Waals surface area contributed by atoms with Gasteiger partial charge in [0.2, 0.25) is 0 Å². The summed E-state index contributed by atoms with van der Waals surface area (Å²) in [5, 5.41) is 0. The minimum absolute atomic E-state index is 1.14. The van der Waals surface area contributed by atoms with Gasteiger partial charge in [0.15, 0.2) is 0 Å². The van der Waals surface area contributed by atoms with Crippen molar-refractivity contribution in [3.63, 3.8) is 0 Å². The number of hydrogen-bond acceptors (Lipinski definition) is 2. The zero-order valence-electron chi connectivity index (χ0n) is 13.2. The van der Waals surface area contributed by atoms with E-state index in [1.54, 1.807) is 0 Å². The van der Waals surface area contributed by atoms with Crippen LogP contribution in [0.25, 0.3) is 0 Å². The minimum Gasteiger partial charge on any atom is -0.369 e. The third-order valence-electron chi connectivity index (χ3n) is 4.47. The van der Waals surface area contributed by atoms with Gasteiger partial charge in [-0.25, -0.2) is 0 Å². The monoisotopic (exact) mass is 293 g/mol. The fraction of sp³-hybridized carbons (Fsp3) is 0.400. The van der Waals surface area contributed by atoms with E-state index in [1.165, 1.54) is 50.1 Å². The molecule has 0 amide bonds. The number of aryl methyl sites for hydroxylation is 1. The van der Waals surface area contributed by atoms with Gasteiger partial charge in [-0.05, 0) is 49.6 Å². The van der Waals surface area contributed by atoms with Gasteiger partial charge >= 0.3 is 0 Å². The van der Waals surface area contributed by atoms with Gasteiger partial charge in [-0.1, -0.05) is 42.5 Å². The fourth-order valence-corrected chi connectivity index (χ4v) is 3.13. The molecular weight excluding hydrogens is 268 g/mol. The lowest BCUT2D eigenvalue weighted by molar-refractivity contribution is 0.253. The summed E-state index contributed by atoms with van der Waals surface area (Å²) >= 11 is 0. The Labute approximate surface area is 134 Å². The summed E-state index contributed by atoms with van der Waals surface area (Å²) in [6, 6.07) is 22.3. The lowest BCUT2D eigenvalue weighted by Gasteiger charge is -2.36. The Balaban J connectivity index is 1.34. The maximum absolute atomic E-state index is 3.09. The van der Waals surface area contributed by atoms with Crippen LogP contribution >= 0.6 is 0 Å². The average molecular weight is 293 g/mol. The van der Waals surface area contributed by atoms with E-state index in [1.807, 2.05) is 12.1 Å². The molecule has 0 aromatic heterocycles. The van der Waals surface area contributed by atoms with Gasteiger partial charge in [0.25, 0.3) is 0 Å². The highest BCUT2D eigenvalue weighted by molar-refractivity contribution is 5.46. The number of rotatable bonds is 6. The highest BCUT2D eigenvalue weighted by Gasteiger charge is 2.16. The summed E-state index contributed by atoms with van der Waals surface area (Å²) in [6.45, 7) is 5.89. The summed E-state index contributed by atoms with van der Waals surface area (Å²) in [6.07, 6.45) is 3.80. The standard InChI is InChI=1S/C20H25N2/c1-3-9-19(10-4-1)11-7-8-14-21-15-17-22(18-16-21)20-12-5-2-6-13-20/h1,3-6,9-10,12-13H,7-8,11,14-18H2. The van der Waals surface area contributed by atoms with Crippen LogP contribution in [0.2, 0.25) is 0 Å². The van der Waals surface area contributed by atoms with Crippen molar-refractivity contribution in [2.75, 3.05) is 37.6 Å². The maximum Gasteiger partial charge on any atom is 0.0367 e. The number of hydrogen-bond donors (Lipinski definition) is 0. The third-order valence-corrected chi connectivity index (χ3v) is 4.47. The molecule has 1 aliphatic rings. The average Bonchev–Trinajstić information content (AvgIpc) is 2.61. The van der Waals surface area contributed by atoms with Crippen molar-refractivity contribution < 1.29 is 0 Å². The highest BCUT2D eigenvalue weighted by atomic mass is 15.3. The molecule has 1 aliphatic heterocycles. The molecule has 1 heterocycles. The van der Waals surface area contributed by atoms with Gasteiger partial charge in [0.05, 0.1) is 0 Å². The molecular formula is C20H25N2. The first-order valence-corrected chi connectivity index (χ1v) is 8.39. The summed E-state index contributed by atoms with van der Waals surface area (Å²) in [4.78, 5) is 5.09. The Bertz CT molecular complexity index is 530.